The van der Waals surface area contributed by atoms with Crippen LogP contribution in [0.25, 0.3) is 0 Å². The standard InChI is InChI=1S/C12H16ClN5O2/c1-7-10(18(19)20)11(16-12(13)14-7)15-8-4-5-17(6-8)9-2-3-9/h8-9H,2-6H2,1H3,(H,14,15,16). The summed E-state index contributed by atoms with van der Waals surface area (Å²) in [5.41, 5.74) is 0.203. The van der Waals surface area contributed by atoms with Crippen LogP contribution in [0.1, 0.15) is 25.0 Å². The van der Waals surface area contributed by atoms with Gasteiger partial charge in [-0.25, -0.2) is 4.98 Å². The zero-order valence-corrected chi connectivity index (χ0v) is 11.9. The number of nitro groups is 1. The summed E-state index contributed by atoms with van der Waals surface area (Å²) >= 11 is 5.81. The summed E-state index contributed by atoms with van der Waals surface area (Å²) in [6, 6.07) is 0.896. The van der Waals surface area contributed by atoms with E-state index < -0.39 is 4.92 Å². The summed E-state index contributed by atoms with van der Waals surface area (Å²) in [4.78, 5) is 20.9. The highest BCUT2D eigenvalue weighted by Gasteiger charge is 2.35. The predicted octanol–water partition coefficient (Wildman–Crippen LogP) is 2.00. The fraction of sp³-hybridized carbons (Fsp3) is 0.667. The van der Waals surface area contributed by atoms with Crippen molar-refractivity contribution in [2.45, 2.75) is 38.3 Å². The summed E-state index contributed by atoms with van der Waals surface area (Å²) in [7, 11) is 0. The van der Waals surface area contributed by atoms with Gasteiger partial charge in [0.15, 0.2) is 0 Å². The van der Waals surface area contributed by atoms with E-state index >= 15 is 0 Å². The number of aryl methyl sites for hydroxylation is 1. The van der Waals surface area contributed by atoms with Crippen LogP contribution in [0.5, 0.6) is 0 Å². The van der Waals surface area contributed by atoms with Crippen molar-refractivity contribution in [2.75, 3.05) is 18.4 Å². The third-order valence-electron chi connectivity index (χ3n) is 3.84. The van der Waals surface area contributed by atoms with Crippen molar-refractivity contribution in [3.05, 3.63) is 21.1 Å². The smallest absolute Gasteiger partial charge is 0.332 e. The second kappa shape index (κ2) is 5.14. The van der Waals surface area contributed by atoms with Crippen LogP contribution >= 0.6 is 11.6 Å². The Hall–Kier alpha value is -1.47. The lowest BCUT2D eigenvalue weighted by Gasteiger charge is -2.16. The first-order chi connectivity index (χ1) is 9.54. The molecule has 2 heterocycles. The van der Waals surface area contributed by atoms with E-state index in [1.807, 2.05) is 0 Å². The van der Waals surface area contributed by atoms with Crippen LogP contribution in [-0.4, -0.2) is 45.0 Å². The van der Waals surface area contributed by atoms with E-state index in [0.29, 0.717) is 6.04 Å². The summed E-state index contributed by atoms with van der Waals surface area (Å²) in [6.07, 6.45) is 3.50. The fourth-order valence-electron chi connectivity index (χ4n) is 2.72. The number of rotatable bonds is 4. The Kier molecular flexibility index (Phi) is 3.47. The lowest BCUT2D eigenvalue weighted by Crippen LogP contribution is -2.28. The van der Waals surface area contributed by atoms with E-state index in [4.69, 9.17) is 11.6 Å². The first kappa shape index (κ1) is 13.5. The van der Waals surface area contributed by atoms with Crippen LogP contribution in [0.2, 0.25) is 5.28 Å². The number of anilines is 1. The predicted molar refractivity (Wildman–Crippen MR) is 75.1 cm³/mol. The van der Waals surface area contributed by atoms with E-state index in [0.717, 1.165) is 19.5 Å². The van der Waals surface area contributed by atoms with Gasteiger partial charge in [0.1, 0.15) is 5.69 Å². The maximum absolute atomic E-state index is 11.1. The first-order valence-electron chi connectivity index (χ1n) is 6.73. The Morgan fingerprint density at radius 1 is 1.40 bits per heavy atom. The average molecular weight is 298 g/mol. The van der Waals surface area contributed by atoms with E-state index in [9.17, 15) is 10.1 Å². The molecule has 1 aromatic rings. The van der Waals surface area contributed by atoms with E-state index in [-0.39, 0.29) is 28.5 Å². The molecule has 0 amide bonds. The van der Waals surface area contributed by atoms with Crippen LogP contribution in [0.4, 0.5) is 11.5 Å². The number of nitrogens with zero attached hydrogens (tertiary/aromatic N) is 4. The molecule has 2 fully saturated rings. The van der Waals surface area contributed by atoms with Crippen molar-refractivity contribution in [1.82, 2.24) is 14.9 Å². The van der Waals surface area contributed by atoms with Crippen molar-refractivity contribution in [2.24, 2.45) is 0 Å². The third-order valence-corrected chi connectivity index (χ3v) is 4.01. The van der Waals surface area contributed by atoms with Crippen molar-refractivity contribution < 1.29 is 4.92 Å². The molecule has 20 heavy (non-hydrogen) atoms. The van der Waals surface area contributed by atoms with Crippen molar-refractivity contribution >= 4 is 23.1 Å². The summed E-state index contributed by atoms with van der Waals surface area (Å²) < 4.78 is 0. The Labute approximate surface area is 121 Å². The van der Waals surface area contributed by atoms with E-state index in [1.54, 1.807) is 6.92 Å². The Morgan fingerprint density at radius 3 is 2.80 bits per heavy atom. The van der Waals surface area contributed by atoms with Crippen LogP contribution in [-0.2, 0) is 0 Å². The quantitative estimate of drug-likeness (QED) is 0.520. The molecule has 1 saturated carbocycles. The van der Waals surface area contributed by atoms with Crippen LogP contribution in [0.15, 0.2) is 0 Å². The molecule has 0 spiro atoms. The highest BCUT2D eigenvalue weighted by atomic mass is 35.5. The van der Waals surface area contributed by atoms with E-state index in [2.05, 4.69) is 20.2 Å². The van der Waals surface area contributed by atoms with Gasteiger partial charge < -0.3 is 5.32 Å². The summed E-state index contributed by atoms with van der Waals surface area (Å²) in [6.45, 7) is 3.51. The minimum atomic E-state index is -0.457. The van der Waals surface area contributed by atoms with Crippen LogP contribution in [0.3, 0.4) is 0 Å². The van der Waals surface area contributed by atoms with E-state index in [1.165, 1.54) is 12.8 Å². The van der Waals surface area contributed by atoms with Gasteiger partial charge in [0.05, 0.1) is 4.92 Å². The highest BCUT2D eigenvalue weighted by molar-refractivity contribution is 6.28. The van der Waals surface area contributed by atoms with Gasteiger partial charge in [-0.1, -0.05) is 0 Å². The second-order valence-corrected chi connectivity index (χ2v) is 5.73. The Balaban J connectivity index is 1.78. The van der Waals surface area contributed by atoms with Crippen molar-refractivity contribution in [3.63, 3.8) is 0 Å². The molecule has 1 unspecified atom stereocenters. The number of aromatic nitrogens is 2. The molecule has 3 rings (SSSR count). The number of nitrogens with one attached hydrogen (secondary N) is 1. The molecule has 1 aliphatic carbocycles. The second-order valence-electron chi connectivity index (χ2n) is 5.39. The Bertz CT molecular complexity index is 549. The number of likely N-dealkylation sites (tertiary alicyclic amines) is 1. The average Bonchev–Trinajstić information content (AvgIpc) is 3.09. The first-order valence-corrected chi connectivity index (χ1v) is 7.11. The molecule has 108 valence electrons. The lowest BCUT2D eigenvalue weighted by atomic mass is 10.2. The minimum Gasteiger partial charge on any atom is -0.360 e. The van der Waals surface area contributed by atoms with Gasteiger partial charge in [0.25, 0.3) is 0 Å². The number of hydrogen-bond acceptors (Lipinski definition) is 6. The molecule has 8 heteroatoms. The number of halogens is 1. The van der Waals surface area contributed by atoms with Gasteiger partial charge in [-0.3, -0.25) is 15.0 Å². The monoisotopic (exact) mass is 297 g/mol. The highest BCUT2D eigenvalue weighted by Crippen LogP contribution is 2.32. The maximum Gasteiger partial charge on any atom is 0.332 e. The third kappa shape index (κ3) is 2.69. The molecule has 7 nitrogen and oxygen atoms in total. The summed E-state index contributed by atoms with van der Waals surface area (Å²) in [5, 5.41) is 14.3. The molecular weight excluding hydrogens is 282 g/mol. The molecule has 1 N–H and O–H groups in total. The molecule has 0 radical (unpaired) electrons. The van der Waals surface area contributed by atoms with Crippen LogP contribution in [0, 0.1) is 17.0 Å². The van der Waals surface area contributed by atoms with Gasteiger partial charge in [-0.05, 0) is 37.8 Å². The minimum absolute atomic E-state index is 0.0349. The largest absolute Gasteiger partial charge is 0.360 e. The summed E-state index contributed by atoms with van der Waals surface area (Å²) in [5.74, 6) is 0.232. The molecule has 1 saturated heterocycles. The van der Waals surface area contributed by atoms with Crippen molar-refractivity contribution in [1.29, 1.82) is 0 Å². The van der Waals surface area contributed by atoms with Crippen molar-refractivity contribution in [3.8, 4) is 0 Å². The molecular formula is C12H16ClN5O2. The molecule has 0 bridgehead atoms. The maximum atomic E-state index is 11.1. The zero-order chi connectivity index (χ0) is 14.3. The van der Waals surface area contributed by atoms with Crippen LogP contribution < -0.4 is 5.32 Å². The number of hydrogen-bond donors (Lipinski definition) is 1. The van der Waals surface area contributed by atoms with Gasteiger partial charge in [-0.2, -0.15) is 4.98 Å². The van der Waals surface area contributed by atoms with Gasteiger partial charge >= 0.3 is 5.69 Å². The molecule has 1 aliphatic heterocycles. The zero-order valence-electron chi connectivity index (χ0n) is 11.2. The van der Waals surface area contributed by atoms with Gasteiger partial charge in [0.2, 0.25) is 11.1 Å². The molecule has 1 aromatic heterocycles. The topological polar surface area (TPSA) is 84.2 Å². The molecule has 1 atom stereocenters. The Morgan fingerprint density at radius 2 is 2.15 bits per heavy atom. The lowest BCUT2D eigenvalue weighted by molar-refractivity contribution is -0.385. The molecule has 0 aromatic carbocycles. The van der Waals surface area contributed by atoms with Gasteiger partial charge in [-0.15, -0.1) is 0 Å². The SMILES string of the molecule is Cc1nc(Cl)nc(NC2CCN(C3CC3)C2)c1[N+](=O)[O-]. The molecule has 2 aliphatic rings. The van der Waals surface area contributed by atoms with Gasteiger partial charge in [0, 0.05) is 25.2 Å². The fourth-order valence-corrected chi connectivity index (χ4v) is 2.93. The normalized spacial score (nSPS) is 23.0.